The summed E-state index contributed by atoms with van der Waals surface area (Å²) in [6.45, 7) is 1.76. The molecule has 20 heavy (non-hydrogen) atoms. The van der Waals surface area contributed by atoms with Gasteiger partial charge in [-0.05, 0) is 42.8 Å². The van der Waals surface area contributed by atoms with E-state index in [9.17, 15) is 9.18 Å². The van der Waals surface area contributed by atoms with Gasteiger partial charge in [-0.15, -0.1) is 0 Å². The summed E-state index contributed by atoms with van der Waals surface area (Å²) in [4.78, 5) is 11.8. The zero-order valence-electron chi connectivity index (χ0n) is 10.9. The first-order chi connectivity index (χ1) is 9.56. The fourth-order valence-electron chi connectivity index (χ4n) is 1.62. The number of nitrogens with one attached hydrogen (secondary N) is 1. The second kappa shape index (κ2) is 5.97. The van der Waals surface area contributed by atoms with Gasteiger partial charge < -0.3 is 5.73 Å². The fraction of sp³-hybridized carbons (Fsp3) is 0.0667. The van der Waals surface area contributed by atoms with E-state index in [1.807, 2.05) is 12.1 Å². The minimum absolute atomic E-state index is 0.221. The SMILES string of the molecule is C/C(=N\NC(=O)c1cccc(F)c1)c1ccc(N)cc1. The molecule has 0 aliphatic rings. The standard InChI is InChI=1S/C15H14FN3O/c1-10(11-5-7-14(17)8-6-11)18-19-15(20)12-3-2-4-13(16)9-12/h2-9H,17H2,1H3,(H,19,20)/b18-10+. The van der Waals surface area contributed by atoms with E-state index in [-0.39, 0.29) is 5.56 Å². The number of nitrogens with two attached hydrogens (primary N) is 1. The van der Waals surface area contributed by atoms with Crippen molar-refractivity contribution >= 4 is 17.3 Å². The molecule has 0 bridgehead atoms. The van der Waals surface area contributed by atoms with Crippen LogP contribution in [-0.2, 0) is 0 Å². The number of hydrogen-bond acceptors (Lipinski definition) is 3. The van der Waals surface area contributed by atoms with Crippen LogP contribution in [0.15, 0.2) is 53.6 Å². The third-order valence-corrected chi connectivity index (χ3v) is 2.74. The van der Waals surface area contributed by atoms with Crippen LogP contribution in [0.2, 0.25) is 0 Å². The Morgan fingerprint density at radius 3 is 2.50 bits per heavy atom. The molecule has 0 aliphatic heterocycles. The summed E-state index contributed by atoms with van der Waals surface area (Å²) in [6.07, 6.45) is 0. The van der Waals surface area contributed by atoms with Crippen molar-refractivity contribution in [2.45, 2.75) is 6.92 Å². The number of carbonyl (C=O) groups is 1. The maximum atomic E-state index is 13.0. The normalized spacial score (nSPS) is 11.2. The van der Waals surface area contributed by atoms with E-state index in [1.54, 1.807) is 19.1 Å². The zero-order valence-corrected chi connectivity index (χ0v) is 10.9. The number of carbonyl (C=O) groups excluding carboxylic acids is 1. The van der Waals surface area contributed by atoms with Crippen molar-refractivity contribution in [2.24, 2.45) is 5.10 Å². The topological polar surface area (TPSA) is 67.5 Å². The van der Waals surface area contributed by atoms with Gasteiger partial charge in [0.2, 0.25) is 0 Å². The number of anilines is 1. The molecule has 0 unspecified atom stereocenters. The zero-order chi connectivity index (χ0) is 14.5. The summed E-state index contributed by atoms with van der Waals surface area (Å²) < 4.78 is 13.0. The maximum Gasteiger partial charge on any atom is 0.271 e. The van der Waals surface area contributed by atoms with Gasteiger partial charge in [-0.25, -0.2) is 9.82 Å². The average Bonchev–Trinajstić information content (AvgIpc) is 2.45. The third-order valence-electron chi connectivity index (χ3n) is 2.74. The van der Waals surface area contributed by atoms with Gasteiger partial charge in [0.1, 0.15) is 5.82 Å². The van der Waals surface area contributed by atoms with Crippen LogP contribution < -0.4 is 11.2 Å². The van der Waals surface area contributed by atoms with Gasteiger partial charge in [-0.3, -0.25) is 4.79 Å². The molecule has 0 atom stereocenters. The fourth-order valence-corrected chi connectivity index (χ4v) is 1.62. The van der Waals surface area contributed by atoms with Gasteiger partial charge in [0, 0.05) is 11.3 Å². The van der Waals surface area contributed by atoms with Gasteiger partial charge in [0.25, 0.3) is 5.91 Å². The van der Waals surface area contributed by atoms with Crippen LogP contribution >= 0.6 is 0 Å². The molecule has 2 rings (SSSR count). The van der Waals surface area contributed by atoms with E-state index < -0.39 is 11.7 Å². The Morgan fingerprint density at radius 2 is 1.85 bits per heavy atom. The molecule has 0 radical (unpaired) electrons. The molecule has 0 saturated heterocycles. The maximum absolute atomic E-state index is 13.0. The molecular weight excluding hydrogens is 257 g/mol. The van der Waals surface area contributed by atoms with Crippen LogP contribution in [0.5, 0.6) is 0 Å². The molecule has 0 heterocycles. The summed E-state index contributed by atoms with van der Waals surface area (Å²) >= 11 is 0. The van der Waals surface area contributed by atoms with Crippen molar-refractivity contribution in [1.29, 1.82) is 0 Å². The Hall–Kier alpha value is -2.69. The Kier molecular flexibility index (Phi) is 4.10. The Labute approximate surface area is 116 Å². The highest BCUT2D eigenvalue weighted by atomic mass is 19.1. The van der Waals surface area contributed by atoms with Gasteiger partial charge >= 0.3 is 0 Å². The second-order valence-electron chi connectivity index (χ2n) is 4.27. The lowest BCUT2D eigenvalue weighted by atomic mass is 10.1. The van der Waals surface area contributed by atoms with E-state index in [2.05, 4.69) is 10.5 Å². The van der Waals surface area contributed by atoms with E-state index in [1.165, 1.54) is 18.2 Å². The molecule has 1 amide bonds. The molecule has 2 aromatic carbocycles. The van der Waals surface area contributed by atoms with Crippen LogP contribution in [0.3, 0.4) is 0 Å². The van der Waals surface area contributed by atoms with E-state index in [4.69, 9.17) is 5.73 Å². The molecule has 0 fully saturated rings. The number of hydrogen-bond donors (Lipinski definition) is 2. The first-order valence-electron chi connectivity index (χ1n) is 6.02. The van der Waals surface area contributed by atoms with Crippen LogP contribution in [-0.4, -0.2) is 11.6 Å². The van der Waals surface area contributed by atoms with Gasteiger partial charge in [-0.1, -0.05) is 18.2 Å². The van der Waals surface area contributed by atoms with Gasteiger partial charge in [0.05, 0.1) is 5.71 Å². The number of rotatable bonds is 3. The van der Waals surface area contributed by atoms with Crippen molar-refractivity contribution in [3.63, 3.8) is 0 Å². The second-order valence-corrected chi connectivity index (χ2v) is 4.27. The highest BCUT2D eigenvalue weighted by molar-refractivity contribution is 6.01. The summed E-state index contributed by atoms with van der Waals surface area (Å²) in [7, 11) is 0. The van der Waals surface area contributed by atoms with Crippen molar-refractivity contribution in [3.8, 4) is 0 Å². The highest BCUT2D eigenvalue weighted by Crippen LogP contribution is 2.07. The quantitative estimate of drug-likeness (QED) is 0.512. The predicted octanol–water partition coefficient (Wildman–Crippen LogP) is 2.56. The first kappa shape index (κ1) is 13.7. The van der Waals surface area contributed by atoms with Crippen molar-refractivity contribution in [2.75, 3.05) is 5.73 Å². The Balaban J connectivity index is 2.08. The minimum Gasteiger partial charge on any atom is -0.399 e. The number of amides is 1. The van der Waals surface area contributed by atoms with E-state index in [0.717, 1.165) is 11.6 Å². The third kappa shape index (κ3) is 3.41. The molecule has 0 spiro atoms. The Morgan fingerprint density at radius 1 is 1.15 bits per heavy atom. The molecule has 5 heteroatoms. The number of hydrazone groups is 1. The molecule has 4 nitrogen and oxygen atoms in total. The lowest BCUT2D eigenvalue weighted by Gasteiger charge is -2.03. The molecule has 2 aromatic rings. The van der Waals surface area contributed by atoms with Crippen molar-refractivity contribution in [3.05, 3.63) is 65.5 Å². The molecule has 3 N–H and O–H groups in total. The number of nitrogen functional groups attached to an aromatic ring is 1. The smallest absolute Gasteiger partial charge is 0.271 e. The highest BCUT2D eigenvalue weighted by Gasteiger charge is 2.05. The molecule has 102 valence electrons. The lowest BCUT2D eigenvalue weighted by molar-refractivity contribution is 0.0954. The molecule has 0 aromatic heterocycles. The summed E-state index contributed by atoms with van der Waals surface area (Å²) in [5.41, 5.74) is 10.3. The molecule has 0 aliphatic carbocycles. The summed E-state index contributed by atoms with van der Waals surface area (Å²) in [5.74, 6) is -0.920. The first-order valence-corrected chi connectivity index (χ1v) is 6.02. The van der Waals surface area contributed by atoms with Crippen molar-refractivity contribution in [1.82, 2.24) is 5.43 Å². The minimum atomic E-state index is -0.461. The van der Waals surface area contributed by atoms with E-state index in [0.29, 0.717) is 11.4 Å². The Bertz CT molecular complexity index is 650. The molecular formula is C15H14FN3O. The lowest BCUT2D eigenvalue weighted by Crippen LogP contribution is -2.19. The van der Waals surface area contributed by atoms with Gasteiger partial charge in [-0.2, -0.15) is 5.10 Å². The van der Waals surface area contributed by atoms with E-state index >= 15 is 0 Å². The van der Waals surface area contributed by atoms with Crippen LogP contribution in [0.1, 0.15) is 22.8 Å². The van der Waals surface area contributed by atoms with Crippen LogP contribution in [0.25, 0.3) is 0 Å². The largest absolute Gasteiger partial charge is 0.399 e. The summed E-state index contributed by atoms with van der Waals surface area (Å²) in [6, 6.07) is 12.5. The predicted molar refractivity (Wildman–Crippen MR) is 76.9 cm³/mol. The summed E-state index contributed by atoms with van der Waals surface area (Å²) in [5, 5.41) is 3.98. The number of nitrogens with zero attached hydrogens (tertiary/aromatic N) is 1. The number of halogens is 1. The average molecular weight is 271 g/mol. The van der Waals surface area contributed by atoms with Crippen molar-refractivity contribution < 1.29 is 9.18 Å². The van der Waals surface area contributed by atoms with Crippen LogP contribution in [0, 0.1) is 5.82 Å². The number of benzene rings is 2. The van der Waals surface area contributed by atoms with Crippen LogP contribution in [0.4, 0.5) is 10.1 Å². The monoisotopic (exact) mass is 271 g/mol. The van der Waals surface area contributed by atoms with Gasteiger partial charge in [0.15, 0.2) is 0 Å². The molecule has 0 saturated carbocycles.